The highest BCUT2D eigenvalue weighted by Crippen LogP contribution is 2.31. The number of hydrogen-bond acceptors (Lipinski definition) is 7. The van der Waals surface area contributed by atoms with Gasteiger partial charge in [0.1, 0.15) is 28.6 Å². The molecule has 5 N–H and O–H groups in total. The van der Waals surface area contributed by atoms with E-state index in [1.807, 2.05) is 6.07 Å². The van der Waals surface area contributed by atoms with Crippen LogP contribution in [0, 0.1) is 5.41 Å². The fourth-order valence-corrected chi connectivity index (χ4v) is 3.74. The maximum Gasteiger partial charge on any atom is 0.254 e. The van der Waals surface area contributed by atoms with Crippen molar-refractivity contribution in [3.05, 3.63) is 52.9 Å². The van der Waals surface area contributed by atoms with Gasteiger partial charge in [-0.15, -0.1) is 0 Å². The van der Waals surface area contributed by atoms with Gasteiger partial charge in [-0.1, -0.05) is 50.2 Å². The number of nitrogens with zero attached hydrogens (tertiary/aromatic N) is 3. The fraction of sp³-hybridized carbons (Fsp3) is 0.440. The number of hydrogen-bond donors (Lipinski definition) is 3. The Balaban J connectivity index is 1.75. The first kappa shape index (κ1) is 25.2. The van der Waals surface area contributed by atoms with Gasteiger partial charge in [0, 0.05) is 18.1 Å². The number of aliphatic hydroxyl groups excluding tert-OH is 1. The first-order valence-electron chi connectivity index (χ1n) is 11.2. The van der Waals surface area contributed by atoms with E-state index in [0.29, 0.717) is 17.0 Å². The average Bonchev–Trinajstić information content (AvgIpc) is 3.31. The number of aliphatic hydroxyl groups is 1. The van der Waals surface area contributed by atoms with E-state index in [1.165, 1.54) is 4.68 Å². The van der Waals surface area contributed by atoms with Crippen molar-refractivity contribution < 1.29 is 19.2 Å². The smallest absolute Gasteiger partial charge is 0.254 e. The van der Waals surface area contributed by atoms with Crippen LogP contribution in [0.15, 0.2) is 34.9 Å². The summed E-state index contributed by atoms with van der Waals surface area (Å²) < 4.78 is 6.73. The molecule has 2 heterocycles. The van der Waals surface area contributed by atoms with Crippen LogP contribution in [0.5, 0.6) is 0 Å². The Morgan fingerprint density at radius 3 is 2.29 bits per heavy atom. The van der Waals surface area contributed by atoms with Crippen molar-refractivity contribution in [1.82, 2.24) is 14.9 Å². The summed E-state index contributed by atoms with van der Waals surface area (Å²) in [5.41, 5.74) is 13.7. The van der Waals surface area contributed by atoms with Crippen LogP contribution in [-0.4, -0.2) is 38.3 Å². The molecule has 0 fully saturated rings. The third kappa shape index (κ3) is 5.72. The summed E-state index contributed by atoms with van der Waals surface area (Å²) in [6.45, 7) is 9.64. The number of primary amides is 1. The summed E-state index contributed by atoms with van der Waals surface area (Å²) in [5, 5.41) is 18.2. The molecule has 182 valence electrons. The zero-order valence-electron chi connectivity index (χ0n) is 20.4. The molecule has 3 rings (SSSR count). The summed E-state index contributed by atoms with van der Waals surface area (Å²) in [4.78, 5) is 24.6. The number of aromatic nitrogens is 3. The second kappa shape index (κ2) is 9.42. The molecule has 9 nitrogen and oxygen atoms in total. The van der Waals surface area contributed by atoms with E-state index in [2.05, 4.69) is 31.0 Å². The van der Waals surface area contributed by atoms with Gasteiger partial charge in [-0.3, -0.25) is 9.59 Å². The number of carbonyl (C=O) groups excluding carboxylic acids is 2. The van der Waals surface area contributed by atoms with Crippen LogP contribution in [0.25, 0.3) is 11.3 Å². The normalized spacial score (nSPS) is 12.2. The molecule has 0 saturated carbocycles. The highest BCUT2D eigenvalue weighted by Gasteiger charge is 2.29. The minimum absolute atomic E-state index is 0.00208. The fourth-order valence-electron chi connectivity index (χ4n) is 3.74. The molecule has 0 aliphatic carbocycles. The topological polar surface area (TPSA) is 150 Å². The Morgan fingerprint density at radius 1 is 1.09 bits per heavy atom. The molecule has 1 aromatic carbocycles. The minimum atomic E-state index is -0.813. The third-order valence-electron chi connectivity index (χ3n) is 5.45. The third-order valence-corrected chi connectivity index (χ3v) is 5.45. The predicted molar refractivity (Wildman–Crippen MR) is 129 cm³/mol. The van der Waals surface area contributed by atoms with E-state index in [4.69, 9.17) is 16.0 Å². The molecular weight excluding hydrogens is 434 g/mol. The number of ketones is 1. The van der Waals surface area contributed by atoms with Gasteiger partial charge in [0.2, 0.25) is 0 Å². The van der Waals surface area contributed by atoms with Crippen molar-refractivity contribution >= 4 is 17.5 Å². The number of nitrogen functional groups attached to an aromatic ring is 1. The minimum Gasteiger partial charge on any atom is -0.394 e. The maximum atomic E-state index is 12.6. The second-order valence-electron chi connectivity index (χ2n) is 10.5. The molecule has 0 aliphatic heterocycles. The van der Waals surface area contributed by atoms with E-state index >= 15 is 0 Å². The maximum absolute atomic E-state index is 12.6. The first-order chi connectivity index (χ1) is 15.8. The lowest BCUT2D eigenvalue weighted by Crippen LogP contribution is -2.32. The largest absolute Gasteiger partial charge is 0.394 e. The quantitative estimate of drug-likeness (QED) is 0.438. The van der Waals surface area contributed by atoms with E-state index in [9.17, 15) is 14.7 Å². The van der Waals surface area contributed by atoms with Gasteiger partial charge < -0.3 is 21.1 Å². The monoisotopic (exact) mass is 467 g/mol. The van der Waals surface area contributed by atoms with Crippen molar-refractivity contribution in [2.45, 2.75) is 59.4 Å². The van der Waals surface area contributed by atoms with Gasteiger partial charge in [-0.2, -0.15) is 5.10 Å². The molecule has 0 atom stereocenters. The van der Waals surface area contributed by atoms with Crippen LogP contribution in [0.1, 0.15) is 62.0 Å². The highest BCUT2D eigenvalue weighted by molar-refractivity contribution is 6.03. The summed E-state index contributed by atoms with van der Waals surface area (Å²) in [5.74, 6) is -0.0509. The number of anilines is 1. The van der Waals surface area contributed by atoms with Crippen LogP contribution >= 0.6 is 0 Å². The molecule has 0 bridgehead atoms. The van der Waals surface area contributed by atoms with Crippen LogP contribution in [0.4, 0.5) is 5.82 Å². The van der Waals surface area contributed by atoms with Crippen LogP contribution in [0.3, 0.4) is 0 Å². The van der Waals surface area contributed by atoms with E-state index in [-0.39, 0.29) is 42.0 Å². The van der Waals surface area contributed by atoms with Gasteiger partial charge in [0.05, 0.1) is 24.3 Å². The lowest BCUT2D eigenvalue weighted by molar-refractivity contribution is -0.118. The Morgan fingerprint density at radius 2 is 1.74 bits per heavy atom. The lowest BCUT2D eigenvalue weighted by atomic mass is 9.90. The van der Waals surface area contributed by atoms with Crippen LogP contribution < -0.4 is 11.5 Å². The zero-order chi connectivity index (χ0) is 25.3. The average molecular weight is 468 g/mol. The van der Waals surface area contributed by atoms with Crippen molar-refractivity contribution in [2.24, 2.45) is 11.1 Å². The molecule has 3 aromatic rings. The van der Waals surface area contributed by atoms with Gasteiger partial charge in [0.25, 0.3) is 5.91 Å². The molecule has 2 aromatic heterocycles. The van der Waals surface area contributed by atoms with Gasteiger partial charge in [-0.25, -0.2) is 4.68 Å². The molecule has 0 radical (unpaired) electrons. The molecule has 0 aliphatic rings. The number of benzene rings is 1. The Hall–Kier alpha value is -3.46. The van der Waals surface area contributed by atoms with E-state index < -0.39 is 11.4 Å². The Labute approximate surface area is 199 Å². The van der Waals surface area contributed by atoms with E-state index in [0.717, 1.165) is 17.7 Å². The van der Waals surface area contributed by atoms with Crippen LogP contribution in [-0.2, 0) is 29.6 Å². The Kier molecular flexibility index (Phi) is 6.97. The summed E-state index contributed by atoms with van der Waals surface area (Å²) in [6, 6.07) is 8.98. The van der Waals surface area contributed by atoms with Crippen molar-refractivity contribution in [2.75, 3.05) is 12.3 Å². The lowest BCUT2D eigenvalue weighted by Gasteiger charge is -2.23. The van der Waals surface area contributed by atoms with E-state index in [1.54, 1.807) is 38.1 Å². The second-order valence-corrected chi connectivity index (χ2v) is 10.5. The molecule has 0 unspecified atom stereocenters. The van der Waals surface area contributed by atoms with Gasteiger partial charge in [-0.05, 0) is 31.2 Å². The van der Waals surface area contributed by atoms with Crippen molar-refractivity contribution in [1.29, 1.82) is 0 Å². The molecule has 0 spiro atoms. The SMILES string of the molecule is CC(C)(C)Cc1cc(CC(=O)Cc2ccc(-c3nn(C(C)(C)CO)c(N)c3C(N)=O)cc2)on1. The first-order valence-corrected chi connectivity index (χ1v) is 11.2. The number of nitrogens with two attached hydrogens (primary N) is 2. The Bertz CT molecular complexity index is 1180. The van der Waals surface area contributed by atoms with Crippen molar-refractivity contribution in [3.63, 3.8) is 0 Å². The predicted octanol–water partition coefficient (Wildman–Crippen LogP) is 2.89. The van der Waals surface area contributed by atoms with Crippen LogP contribution in [0.2, 0.25) is 0 Å². The molecule has 0 saturated heterocycles. The number of Topliss-reactive ketones (excluding diaryl/α,β-unsaturated/α-hetero) is 1. The molecule has 34 heavy (non-hydrogen) atoms. The summed E-state index contributed by atoms with van der Waals surface area (Å²) >= 11 is 0. The highest BCUT2D eigenvalue weighted by atomic mass is 16.5. The van der Waals surface area contributed by atoms with Gasteiger partial charge >= 0.3 is 0 Å². The van der Waals surface area contributed by atoms with Gasteiger partial charge in [0.15, 0.2) is 0 Å². The molecule has 9 heteroatoms. The summed E-state index contributed by atoms with van der Waals surface area (Å²) in [6.07, 6.45) is 1.17. The van der Waals surface area contributed by atoms with Crippen molar-refractivity contribution in [3.8, 4) is 11.3 Å². The standard InChI is InChI=1S/C25H33N5O4/c1-24(2,3)13-17-11-19(34-29-17)12-18(32)10-15-6-8-16(9-7-15)21-20(23(27)33)22(26)30(28-21)25(4,5)14-31/h6-9,11,31H,10,12-14,26H2,1-5H3,(H2,27,33). The molecular formula is C25H33N5O4. The number of amides is 1. The number of carbonyl (C=O) groups is 2. The molecule has 1 amide bonds. The number of rotatable bonds is 9. The zero-order valence-corrected chi connectivity index (χ0v) is 20.4. The summed E-state index contributed by atoms with van der Waals surface area (Å²) in [7, 11) is 0.